The topological polar surface area (TPSA) is 23.5 Å². The second-order valence-corrected chi connectivity index (χ2v) is 4.80. The molecule has 4 unspecified atom stereocenters. The summed E-state index contributed by atoms with van der Waals surface area (Å²) in [6.45, 7) is 3.19. The van der Waals surface area contributed by atoms with E-state index in [0.29, 0.717) is 11.8 Å². The number of hydrogen-bond acceptors (Lipinski definition) is 2. The maximum absolute atomic E-state index is 9.99. The molecular weight excluding hydrogens is 222 g/mol. The molecule has 4 rings (SSSR count). The molecule has 1 aromatic rings. The molecule has 4 atom stereocenters. The van der Waals surface area contributed by atoms with Gasteiger partial charge in [0.15, 0.2) is 0 Å². The van der Waals surface area contributed by atoms with E-state index in [0.717, 1.165) is 19.5 Å². The highest BCUT2D eigenvalue weighted by Gasteiger charge is 2.40. The highest BCUT2D eigenvalue weighted by molar-refractivity contribution is 5.85. The molecule has 1 aromatic carbocycles. The Morgan fingerprint density at radius 3 is 2.50 bits per heavy atom. The third kappa shape index (κ3) is 1.97. The Morgan fingerprint density at radius 2 is 1.88 bits per heavy atom. The Labute approximate surface area is 103 Å². The van der Waals surface area contributed by atoms with Crippen LogP contribution in [0.25, 0.3) is 0 Å². The summed E-state index contributed by atoms with van der Waals surface area (Å²) < 4.78 is 0. The van der Waals surface area contributed by atoms with Crippen LogP contribution in [0.3, 0.4) is 0 Å². The average Bonchev–Trinajstić information content (AvgIpc) is 2.30. The van der Waals surface area contributed by atoms with Gasteiger partial charge < -0.3 is 10.0 Å². The van der Waals surface area contributed by atoms with Crippen molar-refractivity contribution >= 4 is 12.4 Å². The molecule has 3 aliphatic heterocycles. The van der Waals surface area contributed by atoms with Gasteiger partial charge >= 0.3 is 0 Å². The molecule has 0 saturated carbocycles. The van der Waals surface area contributed by atoms with Crippen LogP contribution in [0, 0.1) is 5.92 Å². The Balaban J connectivity index is 0.000000963. The summed E-state index contributed by atoms with van der Waals surface area (Å²) in [5.41, 5.74) is 1.39. The van der Waals surface area contributed by atoms with E-state index in [1.54, 1.807) is 0 Å². The molecule has 0 spiro atoms. The van der Waals surface area contributed by atoms with Gasteiger partial charge in [0.1, 0.15) is 0 Å². The molecule has 16 heavy (non-hydrogen) atoms. The average molecular weight is 240 g/mol. The quantitative estimate of drug-likeness (QED) is 0.809. The molecular formula is C13H18ClNO. The van der Waals surface area contributed by atoms with E-state index >= 15 is 0 Å². The first-order chi connectivity index (χ1) is 7.34. The van der Waals surface area contributed by atoms with Gasteiger partial charge in [0, 0.05) is 19.0 Å². The Kier molecular flexibility index (Phi) is 3.53. The lowest BCUT2D eigenvalue weighted by Gasteiger charge is -2.48. The minimum atomic E-state index is -0.113. The number of nitrogens with zero attached hydrogens (tertiary/aromatic N) is 1. The standard InChI is InChI=1S/C13H17NO.ClH/c15-13-9-14-7-6-11(13)12(8-14)10-4-2-1-3-5-10;/h1-5,11-13,15H,6-9H2;1H. The Bertz CT molecular complexity index is 343. The summed E-state index contributed by atoms with van der Waals surface area (Å²) in [5.74, 6) is 1.03. The summed E-state index contributed by atoms with van der Waals surface area (Å²) in [7, 11) is 0. The van der Waals surface area contributed by atoms with Crippen LogP contribution in [0.1, 0.15) is 17.9 Å². The van der Waals surface area contributed by atoms with E-state index in [1.165, 1.54) is 12.1 Å². The number of aliphatic hydroxyl groups excluding tert-OH is 1. The first-order valence-corrected chi connectivity index (χ1v) is 5.80. The van der Waals surface area contributed by atoms with E-state index < -0.39 is 0 Å². The molecule has 88 valence electrons. The maximum Gasteiger partial charge on any atom is 0.0702 e. The number of fused-ring (bicyclic) bond motifs is 3. The monoisotopic (exact) mass is 239 g/mol. The van der Waals surface area contributed by atoms with Crippen LogP contribution in [-0.2, 0) is 0 Å². The minimum absolute atomic E-state index is 0. The van der Waals surface area contributed by atoms with Crippen molar-refractivity contribution < 1.29 is 5.11 Å². The van der Waals surface area contributed by atoms with Crippen LogP contribution >= 0.6 is 12.4 Å². The fraction of sp³-hybridized carbons (Fsp3) is 0.538. The van der Waals surface area contributed by atoms with E-state index in [9.17, 15) is 5.11 Å². The molecule has 1 N–H and O–H groups in total. The van der Waals surface area contributed by atoms with Crippen molar-refractivity contribution in [3.8, 4) is 0 Å². The Morgan fingerprint density at radius 1 is 1.12 bits per heavy atom. The molecule has 2 bridgehead atoms. The molecule has 0 aromatic heterocycles. The molecule has 2 nitrogen and oxygen atoms in total. The molecule has 3 heteroatoms. The number of halogens is 1. The molecule has 3 heterocycles. The van der Waals surface area contributed by atoms with Crippen LogP contribution in [0.5, 0.6) is 0 Å². The van der Waals surface area contributed by atoms with Gasteiger partial charge in [-0.25, -0.2) is 0 Å². The molecule has 0 aliphatic carbocycles. The van der Waals surface area contributed by atoms with Gasteiger partial charge in [-0.05, 0) is 24.4 Å². The van der Waals surface area contributed by atoms with E-state index in [-0.39, 0.29) is 18.5 Å². The zero-order valence-corrected chi connectivity index (χ0v) is 10.1. The zero-order chi connectivity index (χ0) is 10.3. The number of hydrogen-bond donors (Lipinski definition) is 1. The van der Waals surface area contributed by atoms with Crippen LogP contribution in [0.15, 0.2) is 30.3 Å². The van der Waals surface area contributed by atoms with Gasteiger partial charge in [0.25, 0.3) is 0 Å². The SMILES string of the molecule is Cl.OC1CN2CCC1C(c1ccccc1)C2. The van der Waals surface area contributed by atoms with Gasteiger partial charge in [-0.3, -0.25) is 0 Å². The fourth-order valence-electron chi connectivity index (χ4n) is 3.12. The second kappa shape index (κ2) is 4.74. The lowest BCUT2D eigenvalue weighted by molar-refractivity contribution is -0.0373. The fourth-order valence-corrected chi connectivity index (χ4v) is 3.12. The first-order valence-electron chi connectivity index (χ1n) is 5.80. The maximum atomic E-state index is 9.99. The highest BCUT2D eigenvalue weighted by Crippen LogP contribution is 2.38. The van der Waals surface area contributed by atoms with Crippen molar-refractivity contribution in [2.45, 2.75) is 18.4 Å². The van der Waals surface area contributed by atoms with Crippen LogP contribution in [0.4, 0.5) is 0 Å². The van der Waals surface area contributed by atoms with Gasteiger partial charge in [-0.15, -0.1) is 12.4 Å². The number of benzene rings is 1. The molecule has 3 aliphatic rings. The van der Waals surface area contributed by atoms with Gasteiger partial charge in [-0.1, -0.05) is 30.3 Å². The van der Waals surface area contributed by atoms with Crippen LogP contribution in [0.2, 0.25) is 0 Å². The van der Waals surface area contributed by atoms with Gasteiger partial charge in [-0.2, -0.15) is 0 Å². The molecule has 3 saturated heterocycles. The van der Waals surface area contributed by atoms with E-state index in [4.69, 9.17) is 0 Å². The van der Waals surface area contributed by atoms with Gasteiger partial charge in [0.05, 0.1) is 6.10 Å². The first kappa shape index (κ1) is 11.9. The lowest BCUT2D eigenvalue weighted by Crippen LogP contribution is -2.54. The smallest absolute Gasteiger partial charge is 0.0702 e. The summed E-state index contributed by atoms with van der Waals surface area (Å²) in [5, 5.41) is 9.99. The third-order valence-corrected chi connectivity index (χ3v) is 3.92. The van der Waals surface area contributed by atoms with E-state index in [2.05, 4.69) is 35.2 Å². The summed E-state index contributed by atoms with van der Waals surface area (Å²) >= 11 is 0. The normalized spacial score (nSPS) is 36.8. The van der Waals surface area contributed by atoms with Crippen molar-refractivity contribution in [2.24, 2.45) is 5.92 Å². The van der Waals surface area contributed by atoms with Crippen LogP contribution < -0.4 is 0 Å². The van der Waals surface area contributed by atoms with Crippen LogP contribution in [-0.4, -0.2) is 35.7 Å². The number of aliphatic hydroxyl groups is 1. The van der Waals surface area contributed by atoms with Gasteiger partial charge in [0.2, 0.25) is 0 Å². The molecule has 3 fully saturated rings. The summed E-state index contributed by atoms with van der Waals surface area (Å²) in [6, 6.07) is 10.6. The second-order valence-electron chi connectivity index (χ2n) is 4.80. The highest BCUT2D eigenvalue weighted by atomic mass is 35.5. The van der Waals surface area contributed by atoms with Crippen molar-refractivity contribution in [3.05, 3.63) is 35.9 Å². The summed E-state index contributed by atoms with van der Waals surface area (Å²) in [6.07, 6.45) is 1.04. The lowest BCUT2D eigenvalue weighted by atomic mass is 9.74. The van der Waals surface area contributed by atoms with Crippen molar-refractivity contribution in [1.29, 1.82) is 0 Å². The number of piperidine rings is 3. The van der Waals surface area contributed by atoms with E-state index in [1.807, 2.05) is 0 Å². The number of rotatable bonds is 1. The van der Waals surface area contributed by atoms with Crippen molar-refractivity contribution in [3.63, 3.8) is 0 Å². The van der Waals surface area contributed by atoms with Crippen molar-refractivity contribution in [1.82, 2.24) is 4.90 Å². The molecule has 0 radical (unpaired) electrons. The predicted molar refractivity (Wildman–Crippen MR) is 67.0 cm³/mol. The summed E-state index contributed by atoms with van der Waals surface area (Å²) in [4.78, 5) is 2.39. The third-order valence-electron chi connectivity index (χ3n) is 3.92. The predicted octanol–water partition coefficient (Wildman–Crippen LogP) is 1.89. The zero-order valence-electron chi connectivity index (χ0n) is 9.25. The molecule has 0 amide bonds. The Hall–Kier alpha value is -0.570. The minimum Gasteiger partial charge on any atom is -0.391 e. The van der Waals surface area contributed by atoms with Crippen molar-refractivity contribution in [2.75, 3.05) is 19.6 Å². The largest absolute Gasteiger partial charge is 0.391 e.